The summed E-state index contributed by atoms with van der Waals surface area (Å²) in [5, 5.41) is 0. The molecule has 1 aromatic carbocycles. The second-order valence-electron chi connectivity index (χ2n) is 7.41. The fourth-order valence-electron chi connectivity index (χ4n) is 2.89. The standard InChI is InChI=1S/C18H29N3O5S2/c1-15(2)19(3)28(25,26)17-7-5-6-16(14-17)18(22)21-10-8-20(9-11-21)12-13-27(4,23)24/h5-7,14-15H,8-13H2,1-4H3. The number of carbonyl (C=O) groups is 1. The number of sulfonamides is 1. The molecule has 0 aliphatic carbocycles. The van der Waals surface area contributed by atoms with Crippen LogP contribution in [-0.2, 0) is 19.9 Å². The van der Waals surface area contributed by atoms with E-state index in [1.165, 1.54) is 29.7 Å². The molecule has 158 valence electrons. The van der Waals surface area contributed by atoms with Gasteiger partial charge in [-0.1, -0.05) is 6.07 Å². The van der Waals surface area contributed by atoms with Crippen LogP contribution in [0.3, 0.4) is 0 Å². The van der Waals surface area contributed by atoms with Gasteiger partial charge in [-0.05, 0) is 32.0 Å². The number of hydrogen-bond donors (Lipinski definition) is 0. The molecular formula is C18H29N3O5S2. The zero-order valence-electron chi connectivity index (χ0n) is 16.8. The number of piperazine rings is 1. The Morgan fingerprint density at radius 1 is 1.11 bits per heavy atom. The Balaban J connectivity index is 2.06. The lowest BCUT2D eigenvalue weighted by Crippen LogP contribution is -2.49. The molecular weight excluding hydrogens is 402 g/mol. The molecule has 1 amide bonds. The second-order valence-corrected chi connectivity index (χ2v) is 11.7. The van der Waals surface area contributed by atoms with Crippen LogP contribution in [0, 0.1) is 0 Å². The minimum absolute atomic E-state index is 0.0985. The lowest BCUT2D eigenvalue weighted by Gasteiger charge is -2.34. The molecule has 0 N–H and O–H groups in total. The van der Waals surface area contributed by atoms with Crippen molar-refractivity contribution < 1.29 is 21.6 Å². The van der Waals surface area contributed by atoms with Crippen LogP contribution in [0.2, 0.25) is 0 Å². The van der Waals surface area contributed by atoms with E-state index < -0.39 is 19.9 Å². The summed E-state index contributed by atoms with van der Waals surface area (Å²) in [6.07, 6.45) is 1.21. The molecule has 0 atom stereocenters. The van der Waals surface area contributed by atoms with E-state index in [0.717, 1.165) is 0 Å². The SMILES string of the molecule is CC(C)N(C)S(=O)(=O)c1cccc(C(=O)N2CCN(CCS(C)(=O)=O)CC2)c1. The predicted molar refractivity (Wildman–Crippen MR) is 109 cm³/mol. The average Bonchev–Trinajstić information content (AvgIpc) is 2.65. The van der Waals surface area contributed by atoms with Crippen molar-refractivity contribution in [3.05, 3.63) is 29.8 Å². The van der Waals surface area contributed by atoms with Gasteiger partial charge in [0.25, 0.3) is 5.91 Å². The molecule has 1 heterocycles. The van der Waals surface area contributed by atoms with E-state index in [1.54, 1.807) is 30.9 Å². The summed E-state index contributed by atoms with van der Waals surface area (Å²) < 4.78 is 49.2. The predicted octanol–water partition coefficient (Wildman–Crippen LogP) is 0.518. The van der Waals surface area contributed by atoms with Crippen LogP contribution in [0.1, 0.15) is 24.2 Å². The van der Waals surface area contributed by atoms with Crippen LogP contribution >= 0.6 is 0 Å². The van der Waals surface area contributed by atoms with Gasteiger partial charge in [0.1, 0.15) is 9.84 Å². The molecule has 2 rings (SSSR count). The molecule has 8 nitrogen and oxygen atoms in total. The molecule has 1 fully saturated rings. The van der Waals surface area contributed by atoms with Crippen molar-refractivity contribution in [2.24, 2.45) is 0 Å². The first-order valence-corrected chi connectivity index (χ1v) is 12.7. The maximum atomic E-state index is 12.8. The molecule has 0 bridgehead atoms. The van der Waals surface area contributed by atoms with Crippen molar-refractivity contribution in [3.8, 4) is 0 Å². The fraction of sp³-hybridized carbons (Fsp3) is 0.611. The quantitative estimate of drug-likeness (QED) is 0.625. The lowest BCUT2D eigenvalue weighted by atomic mass is 10.2. The highest BCUT2D eigenvalue weighted by molar-refractivity contribution is 7.90. The summed E-state index contributed by atoms with van der Waals surface area (Å²) in [6.45, 7) is 6.17. The Kier molecular flexibility index (Phi) is 7.24. The molecule has 0 aromatic heterocycles. The Morgan fingerprint density at radius 3 is 2.25 bits per heavy atom. The summed E-state index contributed by atoms with van der Waals surface area (Å²) in [5.41, 5.74) is 0.336. The van der Waals surface area contributed by atoms with Gasteiger partial charge in [-0.2, -0.15) is 4.31 Å². The zero-order chi connectivity index (χ0) is 21.1. The van der Waals surface area contributed by atoms with E-state index in [9.17, 15) is 21.6 Å². The molecule has 1 aliphatic rings. The Labute approximate surface area is 168 Å². The molecule has 0 saturated carbocycles. The number of rotatable bonds is 7. The van der Waals surface area contributed by atoms with Crippen molar-refractivity contribution in [2.45, 2.75) is 24.8 Å². The number of carbonyl (C=O) groups excluding carboxylic acids is 1. The largest absolute Gasteiger partial charge is 0.336 e. The van der Waals surface area contributed by atoms with Crippen LogP contribution in [0.15, 0.2) is 29.2 Å². The normalized spacial score (nSPS) is 16.7. The van der Waals surface area contributed by atoms with Gasteiger partial charge >= 0.3 is 0 Å². The first-order valence-electron chi connectivity index (χ1n) is 9.19. The van der Waals surface area contributed by atoms with E-state index in [1.807, 2.05) is 4.90 Å². The van der Waals surface area contributed by atoms with Crippen molar-refractivity contribution in [1.29, 1.82) is 0 Å². The van der Waals surface area contributed by atoms with Gasteiger partial charge in [-0.3, -0.25) is 9.69 Å². The van der Waals surface area contributed by atoms with Gasteiger partial charge < -0.3 is 4.90 Å². The number of amides is 1. The molecule has 1 aromatic rings. The van der Waals surface area contributed by atoms with E-state index in [0.29, 0.717) is 38.3 Å². The summed E-state index contributed by atoms with van der Waals surface area (Å²) >= 11 is 0. The molecule has 1 saturated heterocycles. The van der Waals surface area contributed by atoms with Crippen molar-refractivity contribution in [2.75, 3.05) is 51.8 Å². The number of sulfone groups is 1. The van der Waals surface area contributed by atoms with Gasteiger partial charge in [-0.25, -0.2) is 16.8 Å². The van der Waals surface area contributed by atoms with E-state index in [4.69, 9.17) is 0 Å². The highest BCUT2D eigenvalue weighted by Crippen LogP contribution is 2.19. The minimum Gasteiger partial charge on any atom is -0.336 e. The van der Waals surface area contributed by atoms with E-state index in [-0.39, 0.29) is 22.6 Å². The molecule has 0 spiro atoms. The summed E-state index contributed by atoms with van der Waals surface area (Å²) in [7, 11) is -5.15. The maximum Gasteiger partial charge on any atom is 0.253 e. The van der Waals surface area contributed by atoms with Crippen LogP contribution in [0.25, 0.3) is 0 Å². The minimum atomic E-state index is -3.66. The number of benzene rings is 1. The number of hydrogen-bond acceptors (Lipinski definition) is 6. The molecule has 10 heteroatoms. The molecule has 0 unspecified atom stereocenters. The summed E-state index contributed by atoms with van der Waals surface area (Å²) in [6, 6.07) is 5.92. The second kappa shape index (κ2) is 8.89. The zero-order valence-corrected chi connectivity index (χ0v) is 18.5. The highest BCUT2D eigenvalue weighted by atomic mass is 32.2. The van der Waals surface area contributed by atoms with Gasteiger partial charge in [0.15, 0.2) is 0 Å². The van der Waals surface area contributed by atoms with Crippen LogP contribution < -0.4 is 0 Å². The van der Waals surface area contributed by atoms with Crippen molar-refractivity contribution >= 4 is 25.8 Å². The van der Waals surface area contributed by atoms with Crippen molar-refractivity contribution in [3.63, 3.8) is 0 Å². The summed E-state index contributed by atoms with van der Waals surface area (Å²) in [4.78, 5) is 16.6. The molecule has 28 heavy (non-hydrogen) atoms. The van der Waals surface area contributed by atoms with Gasteiger partial charge in [0.2, 0.25) is 10.0 Å². The van der Waals surface area contributed by atoms with Gasteiger partial charge in [0.05, 0.1) is 10.6 Å². The van der Waals surface area contributed by atoms with E-state index >= 15 is 0 Å². The first-order chi connectivity index (χ1) is 12.9. The van der Waals surface area contributed by atoms with E-state index in [2.05, 4.69) is 0 Å². The topological polar surface area (TPSA) is 95.1 Å². The smallest absolute Gasteiger partial charge is 0.253 e. The average molecular weight is 432 g/mol. The Bertz CT molecular complexity index is 905. The molecule has 0 radical (unpaired) electrons. The highest BCUT2D eigenvalue weighted by Gasteiger charge is 2.26. The maximum absolute atomic E-state index is 12.8. The monoisotopic (exact) mass is 431 g/mol. The Morgan fingerprint density at radius 2 is 1.71 bits per heavy atom. The number of nitrogens with zero attached hydrogens (tertiary/aromatic N) is 3. The third-order valence-corrected chi connectivity index (χ3v) is 7.88. The van der Waals surface area contributed by atoms with Crippen LogP contribution in [0.5, 0.6) is 0 Å². The van der Waals surface area contributed by atoms with Gasteiger partial charge in [-0.15, -0.1) is 0 Å². The first kappa shape index (κ1) is 22.8. The third kappa shape index (κ3) is 5.76. The lowest BCUT2D eigenvalue weighted by molar-refractivity contribution is 0.0644. The van der Waals surface area contributed by atoms with Crippen LogP contribution in [-0.4, -0.2) is 94.7 Å². The van der Waals surface area contributed by atoms with Crippen molar-refractivity contribution in [1.82, 2.24) is 14.1 Å². The summed E-state index contributed by atoms with van der Waals surface area (Å²) in [5.74, 6) is -0.114. The third-order valence-electron chi connectivity index (χ3n) is 4.92. The van der Waals surface area contributed by atoms with Crippen LogP contribution in [0.4, 0.5) is 0 Å². The Hall–Kier alpha value is -1.49. The fourth-order valence-corrected chi connectivity index (χ4v) is 4.89. The molecule has 1 aliphatic heterocycles. The van der Waals surface area contributed by atoms with Gasteiger partial charge in [0, 0.05) is 57.6 Å².